The molecule has 1 spiro atoms. The van der Waals surface area contributed by atoms with Crippen molar-refractivity contribution < 1.29 is 23.8 Å². The van der Waals surface area contributed by atoms with Crippen LogP contribution in [0.4, 0.5) is 17.1 Å². The Balaban J connectivity index is 1.47. The molecule has 6 rings (SSSR count). The van der Waals surface area contributed by atoms with Gasteiger partial charge in [0, 0.05) is 22.0 Å². The van der Waals surface area contributed by atoms with Crippen molar-refractivity contribution in [3.63, 3.8) is 0 Å². The van der Waals surface area contributed by atoms with E-state index < -0.39 is 22.6 Å². The van der Waals surface area contributed by atoms with Crippen LogP contribution in [0.1, 0.15) is 33.3 Å². The average molecular weight is 560 g/mol. The maximum Gasteiger partial charge on any atom is 0.241 e. The molecule has 3 aliphatic rings. The van der Waals surface area contributed by atoms with E-state index in [0.717, 1.165) is 5.56 Å². The summed E-state index contributed by atoms with van der Waals surface area (Å²) in [6.07, 6.45) is -0.668. The van der Waals surface area contributed by atoms with Gasteiger partial charge in [0.05, 0.1) is 25.3 Å². The molecule has 8 nitrogen and oxygen atoms in total. The predicted octanol–water partition coefficient (Wildman–Crippen LogP) is 6.08. The summed E-state index contributed by atoms with van der Waals surface area (Å²) in [7, 11) is 3.19. The van der Waals surface area contributed by atoms with E-state index >= 15 is 0 Å². The number of β-lactam (4-membered cyclic amide) rings is 2. The number of amides is 2. The Morgan fingerprint density at radius 1 is 0.800 bits per heavy atom. The van der Waals surface area contributed by atoms with Crippen LogP contribution >= 0.6 is 11.6 Å². The number of rotatable bonds is 5. The molecule has 2 amide bonds. The van der Waals surface area contributed by atoms with Crippen molar-refractivity contribution in [3.8, 4) is 11.5 Å². The van der Waals surface area contributed by atoms with Gasteiger partial charge >= 0.3 is 0 Å². The third-order valence-corrected chi connectivity index (χ3v) is 8.62. The Kier molecular flexibility index (Phi) is 5.72. The molecule has 2 saturated heterocycles. The minimum absolute atomic E-state index is 0.0770. The average Bonchev–Trinajstić information content (AvgIpc) is 3.28. The van der Waals surface area contributed by atoms with E-state index in [2.05, 4.69) is 0 Å². The molecule has 40 heavy (non-hydrogen) atoms. The first-order chi connectivity index (χ1) is 19.0. The minimum atomic E-state index is -1.08. The van der Waals surface area contributed by atoms with Gasteiger partial charge in [0.2, 0.25) is 17.7 Å². The van der Waals surface area contributed by atoms with E-state index in [9.17, 15) is 9.59 Å². The van der Waals surface area contributed by atoms with Gasteiger partial charge in [0.25, 0.3) is 0 Å². The zero-order valence-corrected chi connectivity index (χ0v) is 23.9. The van der Waals surface area contributed by atoms with Crippen LogP contribution in [0, 0.1) is 10.8 Å². The number of benzene rings is 3. The van der Waals surface area contributed by atoms with E-state index in [1.165, 1.54) is 0 Å². The van der Waals surface area contributed by atoms with Crippen molar-refractivity contribution in [2.45, 2.75) is 39.5 Å². The van der Waals surface area contributed by atoms with E-state index in [0.29, 0.717) is 39.5 Å². The molecular weight excluding hydrogens is 530 g/mol. The molecule has 3 aromatic rings. The lowest BCUT2D eigenvalue weighted by atomic mass is 9.59. The van der Waals surface area contributed by atoms with E-state index in [1.807, 2.05) is 76.2 Å². The lowest BCUT2D eigenvalue weighted by molar-refractivity contribution is -0.151. The summed E-state index contributed by atoms with van der Waals surface area (Å²) in [5.74, 6) is 1.54. The molecule has 0 bridgehead atoms. The summed E-state index contributed by atoms with van der Waals surface area (Å²) in [4.78, 5) is 35.4. The molecule has 0 aromatic heterocycles. The fourth-order valence-corrected chi connectivity index (χ4v) is 6.24. The van der Waals surface area contributed by atoms with Crippen LogP contribution in [-0.2, 0) is 19.9 Å². The number of ether oxygens (including phenoxy) is 3. The summed E-state index contributed by atoms with van der Waals surface area (Å²) in [6, 6.07) is 20.0. The third kappa shape index (κ3) is 3.29. The first kappa shape index (κ1) is 26.2. The first-order valence-electron chi connectivity index (χ1n) is 13.0. The molecule has 0 N–H and O–H groups in total. The molecule has 206 valence electrons. The van der Waals surface area contributed by atoms with Crippen molar-refractivity contribution in [1.82, 2.24) is 0 Å². The summed E-state index contributed by atoms with van der Waals surface area (Å²) in [6.45, 7) is 7.49. The van der Waals surface area contributed by atoms with Crippen molar-refractivity contribution in [3.05, 3.63) is 77.3 Å². The van der Waals surface area contributed by atoms with Gasteiger partial charge in [-0.2, -0.15) is 0 Å². The maximum absolute atomic E-state index is 13.8. The zero-order chi connectivity index (χ0) is 28.6. The van der Waals surface area contributed by atoms with Crippen molar-refractivity contribution in [2.75, 3.05) is 24.0 Å². The number of aliphatic imine (C=N–C) groups is 1. The number of carbonyl (C=O) groups is 2. The lowest BCUT2D eigenvalue weighted by Crippen LogP contribution is -2.78. The largest absolute Gasteiger partial charge is 0.497 e. The quantitative estimate of drug-likeness (QED) is 0.354. The van der Waals surface area contributed by atoms with Crippen LogP contribution < -0.4 is 19.3 Å². The summed E-state index contributed by atoms with van der Waals surface area (Å²) in [5, 5.41) is 0.526. The predicted molar refractivity (Wildman–Crippen MR) is 154 cm³/mol. The van der Waals surface area contributed by atoms with Gasteiger partial charge in [0.15, 0.2) is 11.8 Å². The van der Waals surface area contributed by atoms with Crippen molar-refractivity contribution in [2.24, 2.45) is 15.8 Å². The van der Waals surface area contributed by atoms with Gasteiger partial charge in [-0.25, -0.2) is 4.99 Å². The highest BCUT2D eigenvalue weighted by Crippen LogP contribution is 2.63. The Hall–Kier alpha value is -4.04. The van der Waals surface area contributed by atoms with Gasteiger partial charge < -0.3 is 14.2 Å². The molecule has 3 aliphatic heterocycles. The van der Waals surface area contributed by atoms with Gasteiger partial charge in [0.1, 0.15) is 16.9 Å². The highest BCUT2D eigenvalue weighted by Gasteiger charge is 2.74. The molecule has 0 radical (unpaired) electrons. The summed E-state index contributed by atoms with van der Waals surface area (Å²) >= 11 is 6.50. The van der Waals surface area contributed by atoms with Gasteiger partial charge in [-0.15, -0.1) is 0 Å². The van der Waals surface area contributed by atoms with Gasteiger partial charge in [-0.1, -0.05) is 11.6 Å². The summed E-state index contributed by atoms with van der Waals surface area (Å²) < 4.78 is 17.4. The fourth-order valence-electron chi connectivity index (χ4n) is 6.07. The standard InChI is InChI=1S/C31H30ClN3O5/c1-29(2)26(36)34(19-8-12-21(38-5)13-9-19)28(29)40-25-31(23-17-18(32)7-16-24(23)33-25)30(3,4)27(37)35(31)20-10-14-22(39-6)15-11-20/h7-17,28H,1-6H3/t28-,31-/m1/s1. The van der Waals surface area contributed by atoms with Crippen LogP contribution in [0.3, 0.4) is 0 Å². The fraction of sp³-hybridized carbons (Fsp3) is 0.323. The smallest absolute Gasteiger partial charge is 0.241 e. The second-order valence-corrected chi connectivity index (χ2v) is 11.8. The van der Waals surface area contributed by atoms with Crippen LogP contribution in [-0.4, -0.2) is 38.2 Å². The molecule has 2 fully saturated rings. The monoisotopic (exact) mass is 559 g/mol. The maximum atomic E-state index is 13.8. The molecule has 0 aliphatic carbocycles. The Labute approximate surface area is 238 Å². The summed E-state index contributed by atoms with van der Waals surface area (Å²) in [5.41, 5.74) is -0.0554. The molecule has 0 saturated carbocycles. The van der Waals surface area contributed by atoms with Crippen LogP contribution in [0.2, 0.25) is 5.02 Å². The Bertz CT molecular complexity index is 1560. The van der Waals surface area contributed by atoms with Crippen LogP contribution in [0.25, 0.3) is 0 Å². The number of hydrogen-bond acceptors (Lipinski definition) is 6. The molecule has 2 atom stereocenters. The minimum Gasteiger partial charge on any atom is -0.497 e. The molecule has 3 heterocycles. The Morgan fingerprint density at radius 3 is 1.95 bits per heavy atom. The molecule has 3 aromatic carbocycles. The van der Waals surface area contributed by atoms with Crippen molar-refractivity contribution >= 4 is 46.4 Å². The first-order valence-corrected chi connectivity index (χ1v) is 13.4. The Morgan fingerprint density at radius 2 is 1.38 bits per heavy atom. The number of anilines is 2. The zero-order valence-electron chi connectivity index (χ0n) is 23.2. The number of fused-ring (bicyclic) bond motifs is 2. The topological polar surface area (TPSA) is 80.7 Å². The number of carbonyl (C=O) groups excluding carboxylic acids is 2. The lowest BCUT2D eigenvalue weighted by Gasteiger charge is -2.62. The normalized spacial score (nSPS) is 23.8. The van der Waals surface area contributed by atoms with E-state index in [4.69, 9.17) is 30.8 Å². The van der Waals surface area contributed by atoms with Crippen molar-refractivity contribution in [1.29, 1.82) is 0 Å². The number of hydrogen-bond donors (Lipinski definition) is 0. The highest BCUT2D eigenvalue weighted by molar-refractivity contribution is 6.31. The third-order valence-electron chi connectivity index (χ3n) is 8.38. The van der Waals surface area contributed by atoms with Crippen LogP contribution in [0.5, 0.6) is 11.5 Å². The van der Waals surface area contributed by atoms with Gasteiger partial charge in [-0.3, -0.25) is 19.4 Å². The van der Waals surface area contributed by atoms with Crippen LogP contribution in [0.15, 0.2) is 71.7 Å². The second kappa shape index (κ2) is 8.73. The molecule has 0 unspecified atom stereocenters. The van der Waals surface area contributed by atoms with E-state index in [1.54, 1.807) is 42.2 Å². The molecular formula is C31H30ClN3O5. The highest BCUT2D eigenvalue weighted by atomic mass is 35.5. The number of halogens is 1. The number of methoxy groups -OCH3 is 2. The number of nitrogens with zero attached hydrogens (tertiary/aromatic N) is 3. The molecule has 9 heteroatoms. The SMILES string of the molecule is COc1ccc(N2C(=O)C(C)(C)[C@H]2OC2=Nc3ccc(Cl)cc3[C@@]23N(c2ccc(OC)cc2)C(=O)C3(C)C)cc1. The van der Waals surface area contributed by atoms with E-state index in [-0.39, 0.29) is 11.8 Å². The second-order valence-electron chi connectivity index (χ2n) is 11.3. The van der Waals surface area contributed by atoms with Gasteiger partial charge in [-0.05, 0) is 94.4 Å².